The molecule has 0 aromatic heterocycles. The van der Waals surface area contributed by atoms with Crippen molar-refractivity contribution in [3.63, 3.8) is 0 Å². The number of nitrogens with one attached hydrogen (secondary N) is 1. The predicted molar refractivity (Wildman–Crippen MR) is 61.3 cm³/mol. The first-order chi connectivity index (χ1) is 7.35. The summed E-state index contributed by atoms with van der Waals surface area (Å²) in [6, 6.07) is 0. The minimum atomic E-state index is 0.151. The Balaban J connectivity index is 3.44. The van der Waals surface area contributed by atoms with E-state index in [4.69, 9.17) is 14.2 Å². The van der Waals surface area contributed by atoms with Crippen LogP contribution < -0.4 is 5.32 Å². The van der Waals surface area contributed by atoms with Crippen LogP contribution in [0.4, 0.5) is 0 Å². The van der Waals surface area contributed by atoms with Gasteiger partial charge in [-0.25, -0.2) is 0 Å². The molecule has 0 radical (unpaired) electrons. The average Bonchev–Trinajstić information content (AvgIpc) is 2.24. The van der Waals surface area contributed by atoms with Gasteiger partial charge in [0, 0.05) is 34.0 Å². The third kappa shape index (κ3) is 10.1. The lowest BCUT2D eigenvalue weighted by atomic mass is 10.3. The van der Waals surface area contributed by atoms with Gasteiger partial charge in [0.2, 0.25) is 0 Å². The summed E-state index contributed by atoms with van der Waals surface area (Å²) in [7, 11) is 3.40. The lowest BCUT2D eigenvalue weighted by molar-refractivity contribution is -0.00728. The largest absolute Gasteiger partial charge is 0.385 e. The Labute approximate surface area is 93.3 Å². The van der Waals surface area contributed by atoms with E-state index in [1.165, 1.54) is 0 Å². The molecule has 0 heterocycles. The summed E-state index contributed by atoms with van der Waals surface area (Å²) < 4.78 is 15.7. The Morgan fingerprint density at radius 1 is 1.13 bits per heavy atom. The molecule has 0 spiro atoms. The maximum Gasteiger partial charge on any atom is 0.0932 e. The van der Waals surface area contributed by atoms with Crippen molar-refractivity contribution in [1.29, 1.82) is 0 Å². The van der Waals surface area contributed by atoms with Crippen LogP contribution in [0.25, 0.3) is 0 Å². The first-order valence-corrected chi connectivity index (χ1v) is 5.65. The summed E-state index contributed by atoms with van der Waals surface area (Å²) >= 11 is 0. The minimum absolute atomic E-state index is 0.151. The molecule has 0 aromatic rings. The predicted octanol–water partition coefficient (Wildman–Crippen LogP) is 1.05. The van der Waals surface area contributed by atoms with Gasteiger partial charge in [-0.1, -0.05) is 6.92 Å². The molecule has 0 bridgehead atoms. The molecule has 0 fully saturated rings. The van der Waals surface area contributed by atoms with Gasteiger partial charge in [0.25, 0.3) is 0 Å². The first kappa shape index (κ1) is 14.8. The van der Waals surface area contributed by atoms with E-state index >= 15 is 0 Å². The van der Waals surface area contributed by atoms with Gasteiger partial charge in [0.1, 0.15) is 0 Å². The van der Waals surface area contributed by atoms with Crippen molar-refractivity contribution in [1.82, 2.24) is 5.32 Å². The molecular weight excluding hydrogens is 194 g/mol. The number of ether oxygens (including phenoxy) is 3. The molecule has 1 unspecified atom stereocenters. The zero-order valence-electron chi connectivity index (χ0n) is 10.3. The van der Waals surface area contributed by atoms with Gasteiger partial charge >= 0.3 is 0 Å². The molecule has 0 saturated carbocycles. The van der Waals surface area contributed by atoms with E-state index < -0.39 is 0 Å². The molecular formula is C11H25NO3. The van der Waals surface area contributed by atoms with Crippen LogP contribution in [-0.4, -0.2) is 53.2 Å². The van der Waals surface area contributed by atoms with Gasteiger partial charge in [0.15, 0.2) is 0 Å². The van der Waals surface area contributed by atoms with Gasteiger partial charge in [-0.2, -0.15) is 0 Å². The zero-order chi connectivity index (χ0) is 11.4. The summed E-state index contributed by atoms with van der Waals surface area (Å²) in [5, 5.41) is 3.32. The second-order valence-electron chi connectivity index (χ2n) is 3.50. The van der Waals surface area contributed by atoms with Crippen LogP contribution in [0.3, 0.4) is 0 Å². The number of rotatable bonds is 11. The molecule has 0 rings (SSSR count). The van der Waals surface area contributed by atoms with E-state index in [0.717, 1.165) is 39.1 Å². The molecule has 15 heavy (non-hydrogen) atoms. The Morgan fingerprint density at radius 2 is 1.93 bits per heavy atom. The van der Waals surface area contributed by atoms with Crippen molar-refractivity contribution in [2.45, 2.75) is 25.9 Å². The quantitative estimate of drug-likeness (QED) is 0.527. The molecule has 0 saturated heterocycles. The second kappa shape index (κ2) is 11.9. The lowest BCUT2D eigenvalue weighted by Crippen LogP contribution is -2.33. The maximum absolute atomic E-state index is 5.66. The molecule has 0 aliphatic rings. The van der Waals surface area contributed by atoms with Gasteiger partial charge in [0.05, 0.1) is 12.7 Å². The fourth-order valence-corrected chi connectivity index (χ4v) is 1.24. The molecule has 4 heteroatoms. The van der Waals surface area contributed by atoms with Crippen molar-refractivity contribution in [3.05, 3.63) is 0 Å². The maximum atomic E-state index is 5.66. The monoisotopic (exact) mass is 219 g/mol. The van der Waals surface area contributed by atoms with Crippen molar-refractivity contribution in [3.8, 4) is 0 Å². The number of hydrogen-bond acceptors (Lipinski definition) is 4. The van der Waals surface area contributed by atoms with E-state index in [2.05, 4.69) is 12.2 Å². The highest BCUT2D eigenvalue weighted by Gasteiger charge is 2.07. The van der Waals surface area contributed by atoms with Crippen LogP contribution in [0, 0.1) is 0 Å². The van der Waals surface area contributed by atoms with Crippen molar-refractivity contribution < 1.29 is 14.2 Å². The fourth-order valence-electron chi connectivity index (χ4n) is 1.24. The Hall–Kier alpha value is -0.160. The van der Waals surface area contributed by atoms with Gasteiger partial charge in [-0.05, 0) is 19.4 Å². The molecule has 0 aliphatic carbocycles. The standard InChI is InChI=1S/C11H25NO3/c1-4-6-12-9-11(10-14-3)15-8-5-7-13-2/h11-12H,4-10H2,1-3H3. The van der Waals surface area contributed by atoms with Gasteiger partial charge in [-0.15, -0.1) is 0 Å². The smallest absolute Gasteiger partial charge is 0.0932 e. The Bertz CT molecular complexity index is 122. The minimum Gasteiger partial charge on any atom is -0.385 e. The number of hydrogen-bond donors (Lipinski definition) is 1. The fraction of sp³-hybridized carbons (Fsp3) is 1.00. The topological polar surface area (TPSA) is 39.7 Å². The van der Waals surface area contributed by atoms with E-state index in [1.807, 2.05) is 0 Å². The zero-order valence-corrected chi connectivity index (χ0v) is 10.3. The molecule has 0 amide bonds. The van der Waals surface area contributed by atoms with E-state index in [9.17, 15) is 0 Å². The Kier molecular flexibility index (Phi) is 11.8. The van der Waals surface area contributed by atoms with Crippen LogP contribution in [-0.2, 0) is 14.2 Å². The van der Waals surface area contributed by atoms with E-state index in [1.54, 1.807) is 14.2 Å². The van der Waals surface area contributed by atoms with E-state index in [-0.39, 0.29) is 6.10 Å². The lowest BCUT2D eigenvalue weighted by Gasteiger charge is -2.17. The van der Waals surface area contributed by atoms with E-state index in [0.29, 0.717) is 6.61 Å². The molecule has 1 atom stereocenters. The molecule has 92 valence electrons. The molecule has 0 aromatic carbocycles. The highest BCUT2D eigenvalue weighted by Crippen LogP contribution is 1.94. The highest BCUT2D eigenvalue weighted by atomic mass is 16.5. The normalized spacial score (nSPS) is 13.0. The van der Waals surface area contributed by atoms with Crippen LogP contribution in [0.15, 0.2) is 0 Å². The van der Waals surface area contributed by atoms with Crippen LogP contribution in [0.1, 0.15) is 19.8 Å². The van der Waals surface area contributed by atoms with Crippen molar-refractivity contribution >= 4 is 0 Å². The first-order valence-electron chi connectivity index (χ1n) is 5.65. The summed E-state index contributed by atoms with van der Waals surface area (Å²) in [5.41, 5.74) is 0. The Morgan fingerprint density at radius 3 is 2.53 bits per heavy atom. The average molecular weight is 219 g/mol. The summed E-state index contributed by atoms with van der Waals surface area (Å²) in [5.74, 6) is 0. The summed E-state index contributed by atoms with van der Waals surface area (Å²) in [4.78, 5) is 0. The third-order valence-corrected chi connectivity index (χ3v) is 2.00. The highest BCUT2D eigenvalue weighted by molar-refractivity contribution is 4.60. The molecule has 4 nitrogen and oxygen atoms in total. The second-order valence-corrected chi connectivity index (χ2v) is 3.50. The summed E-state index contributed by atoms with van der Waals surface area (Å²) in [6.07, 6.45) is 2.23. The van der Waals surface area contributed by atoms with Gasteiger partial charge in [-0.3, -0.25) is 0 Å². The van der Waals surface area contributed by atoms with Crippen molar-refractivity contribution in [2.24, 2.45) is 0 Å². The molecule has 1 N–H and O–H groups in total. The van der Waals surface area contributed by atoms with Crippen molar-refractivity contribution in [2.75, 3.05) is 47.1 Å². The van der Waals surface area contributed by atoms with Crippen LogP contribution >= 0.6 is 0 Å². The summed E-state index contributed by atoms with van der Waals surface area (Å²) in [6.45, 7) is 6.16. The van der Waals surface area contributed by atoms with Gasteiger partial charge < -0.3 is 19.5 Å². The molecule has 0 aliphatic heterocycles. The SMILES string of the molecule is CCCNCC(COC)OCCCOC. The third-order valence-electron chi connectivity index (χ3n) is 2.00. The van der Waals surface area contributed by atoms with Crippen LogP contribution in [0.2, 0.25) is 0 Å². The number of methoxy groups -OCH3 is 2. The van der Waals surface area contributed by atoms with Crippen LogP contribution in [0.5, 0.6) is 0 Å².